The number of hydrogen-bond donors (Lipinski definition) is 2. The van der Waals surface area contributed by atoms with E-state index in [4.69, 9.17) is 0 Å². The van der Waals surface area contributed by atoms with Crippen LogP contribution in [-0.4, -0.2) is 55.7 Å². The Balaban J connectivity index is 1.68. The maximum atomic E-state index is 12.1. The third-order valence-electron chi connectivity index (χ3n) is 4.80. The zero-order valence-corrected chi connectivity index (χ0v) is 13.6. The molecule has 23 heavy (non-hydrogen) atoms. The normalized spacial score (nSPS) is 28.7. The van der Waals surface area contributed by atoms with Gasteiger partial charge in [-0.3, -0.25) is 15.0 Å². The van der Waals surface area contributed by atoms with E-state index in [2.05, 4.69) is 38.0 Å². The topological polar surface area (TPSA) is 105 Å². The monoisotopic (exact) mass is 321 g/mol. The fraction of sp³-hybridized carbons (Fsp3) is 0.786. The molecular formula is C14H23N7O2. The lowest BCUT2D eigenvalue weighted by molar-refractivity contribution is -0.126. The molecule has 2 fully saturated rings. The molecule has 2 aliphatic heterocycles. The number of carbonyl (C=O) groups excluding carboxylic acids is 2. The highest BCUT2D eigenvalue weighted by atomic mass is 16.2. The summed E-state index contributed by atoms with van der Waals surface area (Å²) in [4.78, 5) is 25.9. The van der Waals surface area contributed by atoms with Crippen molar-refractivity contribution >= 4 is 11.9 Å². The molecule has 2 atom stereocenters. The van der Waals surface area contributed by atoms with Crippen LogP contribution in [0.25, 0.3) is 0 Å². The van der Waals surface area contributed by atoms with Gasteiger partial charge in [-0.1, -0.05) is 6.92 Å². The molecule has 3 heterocycles. The fourth-order valence-corrected chi connectivity index (χ4v) is 3.44. The number of rotatable bonds is 5. The van der Waals surface area contributed by atoms with Crippen molar-refractivity contribution in [2.75, 3.05) is 13.1 Å². The molecule has 2 N–H and O–H groups in total. The van der Waals surface area contributed by atoms with Gasteiger partial charge >= 0.3 is 6.03 Å². The molecule has 3 amide bonds. The molecule has 0 aliphatic carbocycles. The van der Waals surface area contributed by atoms with Crippen LogP contribution in [0.4, 0.5) is 4.79 Å². The third kappa shape index (κ3) is 3.05. The lowest BCUT2D eigenvalue weighted by Gasteiger charge is -2.39. The molecule has 9 nitrogen and oxygen atoms in total. The Morgan fingerprint density at radius 1 is 1.39 bits per heavy atom. The molecule has 0 radical (unpaired) electrons. The van der Waals surface area contributed by atoms with E-state index in [-0.39, 0.29) is 11.8 Å². The van der Waals surface area contributed by atoms with E-state index in [1.165, 1.54) is 0 Å². The molecule has 0 spiro atoms. The maximum absolute atomic E-state index is 12.1. The summed E-state index contributed by atoms with van der Waals surface area (Å²) in [5.41, 5.74) is -0.828. The molecule has 126 valence electrons. The first-order valence-corrected chi connectivity index (χ1v) is 8.14. The zero-order chi connectivity index (χ0) is 16.4. The Morgan fingerprint density at radius 3 is 2.91 bits per heavy atom. The molecule has 1 aromatic rings. The predicted octanol–water partition coefficient (Wildman–Crippen LogP) is -0.107. The summed E-state index contributed by atoms with van der Waals surface area (Å²) in [6.45, 7) is 7.04. The van der Waals surface area contributed by atoms with E-state index >= 15 is 0 Å². The fourth-order valence-electron chi connectivity index (χ4n) is 3.44. The zero-order valence-electron chi connectivity index (χ0n) is 13.6. The van der Waals surface area contributed by atoms with Crippen molar-refractivity contribution in [3.05, 3.63) is 5.82 Å². The van der Waals surface area contributed by atoms with Gasteiger partial charge in [-0.25, -0.2) is 9.48 Å². The number of imide groups is 1. The van der Waals surface area contributed by atoms with Crippen molar-refractivity contribution in [3.63, 3.8) is 0 Å². The van der Waals surface area contributed by atoms with Gasteiger partial charge in [-0.05, 0) is 43.2 Å². The minimum Gasteiger partial charge on any atom is -0.323 e. The van der Waals surface area contributed by atoms with E-state index in [1.807, 2.05) is 11.6 Å². The first kappa shape index (κ1) is 15.9. The van der Waals surface area contributed by atoms with Crippen molar-refractivity contribution in [2.45, 2.75) is 51.7 Å². The predicted molar refractivity (Wildman–Crippen MR) is 81.2 cm³/mol. The van der Waals surface area contributed by atoms with Gasteiger partial charge in [0.25, 0.3) is 5.91 Å². The average molecular weight is 321 g/mol. The van der Waals surface area contributed by atoms with Crippen LogP contribution in [0, 0.1) is 5.92 Å². The summed E-state index contributed by atoms with van der Waals surface area (Å²) < 4.78 is 1.83. The van der Waals surface area contributed by atoms with Crippen molar-refractivity contribution < 1.29 is 9.59 Å². The van der Waals surface area contributed by atoms with Crippen LogP contribution < -0.4 is 10.6 Å². The number of nitrogens with one attached hydrogen (secondary N) is 2. The number of nitrogens with zero attached hydrogens (tertiary/aromatic N) is 5. The smallest absolute Gasteiger partial charge is 0.322 e. The van der Waals surface area contributed by atoms with Crippen LogP contribution in [0.2, 0.25) is 0 Å². The summed E-state index contributed by atoms with van der Waals surface area (Å²) >= 11 is 0. The van der Waals surface area contributed by atoms with E-state index in [0.29, 0.717) is 6.54 Å². The lowest BCUT2D eigenvalue weighted by atomic mass is 9.80. The number of tetrazole rings is 1. The summed E-state index contributed by atoms with van der Waals surface area (Å²) in [6.07, 6.45) is 2.88. The van der Waals surface area contributed by atoms with Crippen molar-refractivity contribution in [1.29, 1.82) is 0 Å². The van der Waals surface area contributed by atoms with Gasteiger partial charge in [0.05, 0.1) is 6.54 Å². The Labute approximate surface area is 134 Å². The van der Waals surface area contributed by atoms with E-state index in [0.717, 1.165) is 44.7 Å². The highest BCUT2D eigenvalue weighted by Crippen LogP contribution is 2.30. The molecule has 3 rings (SSSR count). The van der Waals surface area contributed by atoms with Crippen molar-refractivity contribution in [2.24, 2.45) is 5.92 Å². The number of likely N-dealkylation sites (tertiary alicyclic amines) is 1. The SMILES string of the molecule is CCCn1nnnc1CN1CCC[C@@H]([C@@]2(C)NC(=O)NC2=O)C1. The molecule has 0 aromatic carbocycles. The van der Waals surface area contributed by atoms with Gasteiger partial charge in [0.15, 0.2) is 5.82 Å². The molecule has 0 bridgehead atoms. The van der Waals surface area contributed by atoms with Gasteiger partial charge in [0, 0.05) is 19.0 Å². The number of urea groups is 1. The highest BCUT2D eigenvalue weighted by molar-refractivity contribution is 6.06. The minimum absolute atomic E-state index is 0.0817. The molecule has 9 heteroatoms. The third-order valence-corrected chi connectivity index (χ3v) is 4.80. The van der Waals surface area contributed by atoms with Crippen LogP contribution in [0.5, 0.6) is 0 Å². The Bertz CT molecular complexity index is 602. The summed E-state index contributed by atoms with van der Waals surface area (Å²) in [6, 6.07) is -0.401. The largest absolute Gasteiger partial charge is 0.323 e. The van der Waals surface area contributed by atoms with Gasteiger partial charge in [-0.15, -0.1) is 5.10 Å². The Hall–Kier alpha value is -2.03. The molecule has 0 saturated carbocycles. The molecular weight excluding hydrogens is 298 g/mol. The van der Waals surface area contributed by atoms with E-state index < -0.39 is 11.6 Å². The van der Waals surface area contributed by atoms with Gasteiger partial charge in [0.1, 0.15) is 5.54 Å². The number of hydrogen-bond acceptors (Lipinski definition) is 6. The molecule has 2 aliphatic rings. The van der Waals surface area contributed by atoms with Crippen molar-refractivity contribution in [3.8, 4) is 0 Å². The van der Waals surface area contributed by atoms with Gasteiger partial charge in [0.2, 0.25) is 0 Å². The lowest BCUT2D eigenvalue weighted by Crippen LogP contribution is -2.55. The second-order valence-corrected chi connectivity index (χ2v) is 6.50. The number of amides is 3. The quantitative estimate of drug-likeness (QED) is 0.733. The van der Waals surface area contributed by atoms with Crippen LogP contribution in [0.3, 0.4) is 0 Å². The number of carbonyl (C=O) groups is 2. The second-order valence-electron chi connectivity index (χ2n) is 6.50. The van der Waals surface area contributed by atoms with Gasteiger partial charge < -0.3 is 5.32 Å². The van der Waals surface area contributed by atoms with Crippen LogP contribution >= 0.6 is 0 Å². The average Bonchev–Trinajstić information content (AvgIpc) is 3.05. The Kier molecular flexibility index (Phi) is 4.29. The molecule has 1 aromatic heterocycles. The molecule has 2 saturated heterocycles. The number of aryl methyl sites for hydroxylation is 1. The Morgan fingerprint density at radius 2 is 2.22 bits per heavy atom. The number of piperidine rings is 1. The van der Waals surface area contributed by atoms with Crippen molar-refractivity contribution in [1.82, 2.24) is 35.7 Å². The number of aromatic nitrogens is 4. The van der Waals surface area contributed by atoms with Crippen LogP contribution in [-0.2, 0) is 17.9 Å². The summed E-state index contributed by atoms with van der Waals surface area (Å²) in [5, 5.41) is 17.0. The van der Waals surface area contributed by atoms with Crippen LogP contribution in [0.1, 0.15) is 38.9 Å². The summed E-state index contributed by atoms with van der Waals surface area (Å²) in [5.74, 6) is 0.695. The second kappa shape index (κ2) is 6.23. The summed E-state index contributed by atoms with van der Waals surface area (Å²) in [7, 11) is 0. The first-order chi connectivity index (χ1) is 11.0. The standard InChI is InChI=1S/C14H23N7O2/c1-3-6-21-11(17-18-19-21)9-20-7-4-5-10(8-20)14(2)12(22)15-13(23)16-14/h10H,3-9H2,1-2H3,(H2,15,16,22,23)/t10-,14-/m1/s1. The maximum Gasteiger partial charge on any atom is 0.322 e. The van der Waals surface area contributed by atoms with E-state index in [1.54, 1.807) is 0 Å². The van der Waals surface area contributed by atoms with Crippen LogP contribution in [0.15, 0.2) is 0 Å². The van der Waals surface area contributed by atoms with Gasteiger partial charge in [-0.2, -0.15) is 0 Å². The minimum atomic E-state index is -0.828. The highest BCUT2D eigenvalue weighted by Gasteiger charge is 2.48. The van der Waals surface area contributed by atoms with E-state index in [9.17, 15) is 9.59 Å². The molecule has 0 unspecified atom stereocenters. The first-order valence-electron chi connectivity index (χ1n) is 8.14.